The van der Waals surface area contributed by atoms with Crippen LogP contribution < -0.4 is 0 Å². The first-order chi connectivity index (χ1) is 13.2. The van der Waals surface area contributed by atoms with Crippen LogP contribution in [0.5, 0.6) is 11.5 Å². The fourth-order valence-electron chi connectivity index (χ4n) is 3.46. The van der Waals surface area contributed by atoms with E-state index in [0.29, 0.717) is 5.65 Å². The third kappa shape index (κ3) is 2.48. The summed E-state index contributed by atoms with van der Waals surface area (Å²) in [4.78, 5) is 4.69. The molecular formula is C22H15N3O2. The Hall–Kier alpha value is -3.86. The van der Waals surface area contributed by atoms with Crippen LogP contribution in [0, 0.1) is 0 Å². The van der Waals surface area contributed by atoms with Gasteiger partial charge in [0.25, 0.3) is 0 Å². The summed E-state index contributed by atoms with van der Waals surface area (Å²) in [5.41, 5.74) is 5.06. The van der Waals surface area contributed by atoms with Gasteiger partial charge in [-0.05, 0) is 48.0 Å². The predicted octanol–water partition coefficient (Wildman–Crippen LogP) is 4.86. The summed E-state index contributed by atoms with van der Waals surface area (Å²) in [6.07, 6.45) is 0. The Labute approximate surface area is 154 Å². The quantitative estimate of drug-likeness (QED) is 0.423. The molecule has 3 N–H and O–H groups in total. The van der Waals surface area contributed by atoms with Gasteiger partial charge in [-0.3, -0.25) is 5.10 Å². The van der Waals surface area contributed by atoms with E-state index in [9.17, 15) is 10.2 Å². The molecule has 0 aliphatic heterocycles. The van der Waals surface area contributed by atoms with Crippen molar-refractivity contribution in [3.63, 3.8) is 0 Å². The van der Waals surface area contributed by atoms with Crippen molar-refractivity contribution in [3.05, 3.63) is 72.8 Å². The van der Waals surface area contributed by atoms with E-state index in [0.717, 1.165) is 38.7 Å². The number of benzene rings is 3. The number of rotatable bonds is 2. The minimum absolute atomic E-state index is 0.190. The fraction of sp³-hybridized carbons (Fsp3) is 0. The van der Waals surface area contributed by atoms with Crippen LogP contribution in [-0.4, -0.2) is 25.4 Å². The molecule has 0 saturated heterocycles. The van der Waals surface area contributed by atoms with E-state index in [1.165, 1.54) is 0 Å². The van der Waals surface area contributed by atoms with E-state index in [1.54, 1.807) is 30.3 Å². The number of fused-ring (bicyclic) bond motifs is 2. The molecule has 0 fully saturated rings. The van der Waals surface area contributed by atoms with Gasteiger partial charge in [-0.2, -0.15) is 5.10 Å². The van der Waals surface area contributed by atoms with E-state index in [-0.39, 0.29) is 11.5 Å². The van der Waals surface area contributed by atoms with E-state index < -0.39 is 0 Å². The summed E-state index contributed by atoms with van der Waals surface area (Å²) in [5, 5.41) is 28.9. The van der Waals surface area contributed by atoms with Crippen molar-refractivity contribution in [1.29, 1.82) is 0 Å². The van der Waals surface area contributed by atoms with Gasteiger partial charge in [0.2, 0.25) is 0 Å². The Balaban J connectivity index is 1.94. The average Bonchev–Trinajstić information content (AvgIpc) is 3.11. The number of pyridine rings is 1. The lowest BCUT2D eigenvalue weighted by Crippen LogP contribution is -1.89. The molecule has 0 aliphatic carbocycles. The summed E-state index contributed by atoms with van der Waals surface area (Å²) in [6.45, 7) is 0. The molecule has 5 heteroatoms. The molecule has 130 valence electrons. The molecule has 5 rings (SSSR count). The lowest BCUT2D eigenvalue weighted by molar-refractivity contribution is 0.475. The molecule has 0 aliphatic rings. The number of H-pyrrole nitrogens is 1. The minimum atomic E-state index is 0.190. The molecule has 0 unspecified atom stereocenters. The normalized spacial score (nSPS) is 11.3. The molecule has 2 heterocycles. The van der Waals surface area contributed by atoms with Crippen LogP contribution in [-0.2, 0) is 0 Å². The monoisotopic (exact) mass is 353 g/mol. The smallest absolute Gasteiger partial charge is 0.157 e. The highest BCUT2D eigenvalue weighted by Gasteiger charge is 2.18. The van der Waals surface area contributed by atoms with Gasteiger partial charge in [0.15, 0.2) is 5.65 Å². The van der Waals surface area contributed by atoms with Crippen LogP contribution in [0.4, 0.5) is 0 Å². The highest BCUT2D eigenvalue weighted by atomic mass is 16.3. The van der Waals surface area contributed by atoms with Crippen LogP contribution >= 0.6 is 0 Å². The van der Waals surface area contributed by atoms with Crippen molar-refractivity contribution in [2.24, 2.45) is 0 Å². The lowest BCUT2D eigenvalue weighted by atomic mass is 9.95. The lowest BCUT2D eigenvalue weighted by Gasteiger charge is -2.10. The number of aromatic nitrogens is 3. The van der Waals surface area contributed by atoms with Crippen LogP contribution in [0.2, 0.25) is 0 Å². The topological polar surface area (TPSA) is 82.0 Å². The van der Waals surface area contributed by atoms with E-state index in [4.69, 9.17) is 4.98 Å². The number of hydrogen-bond acceptors (Lipinski definition) is 4. The molecule has 0 radical (unpaired) electrons. The van der Waals surface area contributed by atoms with E-state index >= 15 is 0 Å². The first-order valence-corrected chi connectivity index (χ1v) is 8.56. The molecule has 0 bridgehead atoms. The number of nitrogens with zero attached hydrogens (tertiary/aromatic N) is 2. The Bertz CT molecular complexity index is 1280. The highest BCUT2D eigenvalue weighted by molar-refractivity contribution is 6.13. The molecule has 0 atom stereocenters. The van der Waals surface area contributed by atoms with Crippen LogP contribution in [0.1, 0.15) is 0 Å². The third-order valence-electron chi connectivity index (χ3n) is 4.68. The highest BCUT2D eigenvalue weighted by Crippen LogP contribution is 2.40. The number of phenols is 2. The Kier molecular flexibility index (Phi) is 3.33. The van der Waals surface area contributed by atoms with Crippen molar-refractivity contribution in [2.75, 3.05) is 0 Å². The van der Waals surface area contributed by atoms with Crippen molar-refractivity contribution < 1.29 is 10.2 Å². The van der Waals surface area contributed by atoms with Crippen LogP contribution in [0.3, 0.4) is 0 Å². The van der Waals surface area contributed by atoms with Crippen molar-refractivity contribution in [2.45, 2.75) is 0 Å². The predicted molar refractivity (Wildman–Crippen MR) is 106 cm³/mol. The van der Waals surface area contributed by atoms with Gasteiger partial charge in [0.05, 0.1) is 10.9 Å². The summed E-state index contributed by atoms with van der Waals surface area (Å²) in [6, 6.07) is 22.1. The number of hydrogen-bond donors (Lipinski definition) is 3. The zero-order valence-electron chi connectivity index (χ0n) is 14.2. The summed E-state index contributed by atoms with van der Waals surface area (Å²) < 4.78 is 0. The third-order valence-corrected chi connectivity index (χ3v) is 4.68. The number of phenolic OH excluding ortho intramolecular Hbond substituents is 2. The second kappa shape index (κ2) is 5.85. The molecule has 0 amide bonds. The molecule has 5 aromatic rings. The largest absolute Gasteiger partial charge is 0.508 e. The molecule has 27 heavy (non-hydrogen) atoms. The summed E-state index contributed by atoms with van der Waals surface area (Å²) >= 11 is 0. The fourth-order valence-corrected chi connectivity index (χ4v) is 3.46. The second-order valence-electron chi connectivity index (χ2n) is 6.40. The minimum Gasteiger partial charge on any atom is -0.508 e. The number of aromatic hydroxyl groups is 2. The van der Waals surface area contributed by atoms with Gasteiger partial charge in [-0.25, -0.2) is 4.98 Å². The zero-order chi connectivity index (χ0) is 18.4. The van der Waals surface area contributed by atoms with Gasteiger partial charge in [0.1, 0.15) is 17.2 Å². The standard InChI is InChI=1S/C22H15N3O2/c26-15-8-6-14(7-9-15)21-20-19(13-4-2-1-3-5-13)17-12-16(27)10-11-18(17)23-22(20)25-24-21/h1-12,26-27H,(H,23,24,25). The van der Waals surface area contributed by atoms with Gasteiger partial charge >= 0.3 is 0 Å². The maximum atomic E-state index is 10.1. The Morgan fingerprint density at radius 2 is 1.48 bits per heavy atom. The van der Waals surface area contributed by atoms with Gasteiger partial charge < -0.3 is 10.2 Å². The maximum absolute atomic E-state index is 10.1. The van der Waals surface area contributed by atoms with Crippen LogP contribution in [0.15, 0.2) is 72.8 Å². The van der Waals surface area contributed by atoms with Gasteiger partial charge in [-0.15, -0.1) is 0 Å². The molecule has 2 aromatic heterocycles. The van der Waals surface area contributed by atoms with Gasteiger partial charge in [0, 0.05) is 16.5 Å². The van der Waals surface area contributed by atoms with Crippen molar-refractivity contribution >= 4 is 21.9 Å². The van der Waals surface area contributed by atoms with E-state index in [1.807, 2.05) is 42.5 Å². The first kappa shape index (κ1) is 15.4. The van der Waals surface area contributed by atoms with Gasteiger partial charge in [-0.1, -0.05) is 30.3 Å². The van der Waals surface area contributed by atoms with Crippen molar-refractivity contribution in [3.8, 4) is 33.9 Å². The molecule has 0 spiro atoms. The Morgan fingerprint density at radius 1 is 0.741 bits per heavy atom. The molecule has 0 saturated carbocycles. The summed E-state index contributed by atoms with van der Waals surface area (Å²) in [7, 11) is 0. The average molecular weight is 353 g/mol. The van der Waals surface area contributed by atoms with Crippen LogP contribution in [0.25, 0.3) is 44.3 Å². The van der Waals surface area contributed by atoms with Crippen molar-refractivity contribution in [1.82, 2.24) is 15.2 Å². The SMILES string of the molecule is Oc1ccc(-c2n[nH]c3nc4ccc(O)cc4c(-c4ccccc4)c23)cc1. The number of nitrogens with one attached hydrogen (secondary N) is 1. The molecular weight excluding hydrogens is 338 g/mol. The molecule has 5 nitrogen and oxygen atoms in total. The maximum Gasteiger partial charge on any atom is 0.157 e. The second-order valence-corrected chi connectivity index (χ2v) is 6.40. The zero-order valence-corrected chi connectivity index (χ0v) is 14.2. The Morgan fingerprint density at radius 3 is 2.26 bits per heavy atom. The number of aromatic amines is 1. The van der Waals surface area contributed by atoms with E-state index in [2.05, 4.69) is 10.2 Å². The summed E-state index contributed by atoms with van der Waals surface area (Å²) in [5.74, 6) is 0.394. The first-order valence-electron chi connectivity index (χ1n) is 8.56. The molecule has 3 aromatic carbocycles.